The van der Waals surface area contributed by atoms with Crippen LogP contribution in [0.2, 0.25) is 0 Å². The van der Waals surface area contributed by atoms with Crippen molar-refractivity contribution in [2.75, 3.05) is 25.1 Å². The smallest absolute Gasteiger partial charge is 0.356 e. The van der Waals surface area contributed by atoms with Gasteiger partial charge >= 0.3 is 5.97 Å². The molecule has 1 aliphatic heterocycles. The number of anilines is 1. The third-order valence-electron chi connectivity index (χ3n) is 4.48. The van der Waals surface area contributed by atoms with E-state index in [1.54, 1.807) is 18.5 Å². The Morgan fingerprint density at radius 1 is 1.08 bits per heavy atom. The van der Waals surface area contributed by atoms with E-state index in [1.165, 1.54) is 20.0 Å². The standard InChI is InChI=1S/C19H18N4O2/c1-25-19(24)16-6-4-14-10-20-12-15(18(14)22-16)13-5-7-17(21-11-13)23-8-2-3-9-23/h4-7,10-12H,2-3,8-9H2,1H3. The van der Waals surface area contributed by atoms with Crippen LogP contribution < -0.4 is 4.90 Å². The molecule has 4 heterocycles. The van der Waals surface area contributed by atoms with Crippen molar-refractivity contribution in [3.63, 3.8) is 0 Å². The summed E-state index contributed by atoms with van der Waals surface area (Å²) in [5.41, 5.74) is 2.78. The monoisotopic (exact) mass is 334 g/mol. The minimum absolute atomic E-state index is 0.282. The lowest BCUT2D eigenvalue weighted by Gasteiger charge is -2.16. The number of pyridine rings is 3. The van der Waals surface area contributed by atoms with E-state index >= 15 is 0 Å². The van der Waals surface area contributed by atoms with Crippen LogP contribution in [0.25, 0.3) is 22.0 Å². The second-order valence-corrected chi connectivity index (χ2v) is 6.05. The van der Waals surface area contributed by atoms with Gasteiger partial charge in [-0.1, -0.05) is 0 Å². The van der Waals surface area contributed by atoms with Crippen molar-refractivity contribution in [1.82, 2.24) is 15.0 Å². The van der Waals surface area contributed by atoms with Crippen molar-refractivity contribution in [3.05, 3.63) is 48.5 Å². The van der Waals surface area contributed by atoms with E-state index in [1.807, 2.05) is 24.4 Å². The predicted molar refractivity (Wildman–Crippen MR) is 95.6 cm³/mol. The zero-order chi connectivity index (χ0) is 17.2. The summed E-state index contributed by atoms with van der Waals surface area (Å²) in [6.07, 6.45) is 7.77. The molecule has 1 fully saturated rings. The molecule has 4 rings (SSSR count). The largest absolute Gasteiger partial charge is 0.464 e. The summed E-state index contributed by atoms with van der Waals surface area (Å²) in [5.74, 6) is 0.546. The molecule has 126 valence electrons. The van der Waals surface area contributed by atoms with E-state index in [4.69, 9.17) is 4.74 Å². The van der Waals surface area contributed by atoms with Gasteiger partial charge in [-0.15, -0.1) is 0 Å². The summed E-state index contributed by atoms with van der Waals surface area (Å²) in [6.45, 7) is 2.12. The maximum Gasteiger partial charge on any atom is 0.356 e. The zero-order valence-electron chi connectivity index (χ0n) is 14.0. The van der Waals surface area contributed by atoms with Crippen LogP contribution in [0.1, 0.15) is 23.3 Å². The van der Waals surface area contributed by atoms with Gasteiger partial charge in [-0.05, 0) is 37.1 Å². The molecule has 0 radical (unpaired) electrons. The van der Waals surface area contributed by atoms with Gasteiger partial charge in [0.05, 0.1) is 12.6 Å². The van der Waals surface area contributed by atoms with E-state index in [2.05, 4.69) is 19.9 Å². The lowest BCUT2D eigenvalue weighted by molar-refractivity contribution is 0.0594. The Hall–Kier alpha value is -3.02. The SMILES string of the molecule is COC(=O)c1ccc2cncc(-c3ccc(N4CCCC4)nc3)c2n1. The molecule has 0 bridgehead atoms. The van der Waals surface area contributed by atoms with E-state index in [-0.39, 0.29) is 5.69 Å². The summed E-state index contributed by atoms with van der Waals surface area (Å²) in [7, 11) is 1.35. The molecule has 0 spiro atoms. The van der Waals surface area contributed by atoms with Gasteiger partial charge in [-0.2, -0.15) is 0 Å². The van der Waals surface area contributed by atoms with Crippen LogP contribution in [0.15, 0.2) is 42.9 Å². The van der Waals surface area contributed by atoms with Gasteiger partial charge < -0.3 is 9.64 Å². The Morgan fingerprint density at radius 3 is 2.64 bits per heavy atom. The van der Waals surface area contributed by atoms with E-state index in [0.29, 0.717) is 5.52 Å². The number of ether oxygens (including phenoxy) is 1. The number of carbonyl (C=O) groups excluding carboxylic acids is 1. The number of aromatic nitrogens is 3. The predicted octanol–water partition coefficient (Wildman–Crippen LogP) is 3.08. The third kappa shape index (κ3) is 2.91. The summed E-state index contributed by atoms with van der Waals surface area (Å²) >= 11 is 0. The molecule has 0 N–H and O–H groups in total. The summed E-state index contributed by atoms with van der Waals surface area (Å²) < 4.78 is 4.77. The average Bonchev–Trinajstić information content (AvgIpc) is 3.21. The molecular formula is C19H18N4O2. The lowest BCUT2D eigenvalue weighted by atomic mass is 10.1. The summed E-state index contributed by atoms with van der Waals surface area (Å²) in [4.78, 5) is 27.4. The highest BCUT2D eigenvalue weighted by molar-refractivity contribution is 5.96. The molecule has 0 aliphatic carbocycles. The van der Waals surface area contributed by atoms with Gasteiger partial charge in [0.2, 0.25) is 0 Å². The molecule has 6 heteroatoms. The summed E-state index contributed by atoms with van der Waals surface area (Å²) in [5, 5.41) is 0.869. The van der Waals surface area contributed by atoms with Crippen molar-refractivity contribution in [2.24, 2.45) is 0 Å². The van der Waals surface area contributed by atoms with E-state index in [0.717, 1.165) is 35.4 Å². The minimum atomic E-state index is -0.452. The molecule has 0 amide bonds. The second-order valence-electron chi connectivity index (χ2n) is 6.05. The fraction of sp³-hybridized carbons (Fsp3) is 0.263. The average molecular weight is 334 g/mol. The van der Waals surface area contributed by atoms with Gasteiger partial charge in [0, 0.05) is 48.2 Å². The van der Waals surface area contributed by atoms with Gasteiger partial charge in [-0.3, -0.25) is 4.98 Å². The van der Waals surface area contributed by atoms with Crippen molar-refractivity contribution >= 4 is 22.7 Å². The zero-order valence-corrected chi connectivity index (χ0v) is 14.0. The Labute approximate surface area is 145 Å². The highest BCUT2D eigenvalue weighted by Crippen LogP contribution is 2.28. The fourth-order valence-electron chi connectivity index (χ4n) is 3.15. The maximum atomic E-state index is 11.8. The van der Waals surface area contributed by atoms with Crippen LogP contribution >= 0.6 is 0 Å². The Balaban J connectivity index is 1.76. The highest BCUT2D eigenvalue weighted by Gasteiger charge is 2.15. The lowest BCUT2D eigenvalue weighted by Crippen LogP contribution is -2.18. The maximum absolute atomic E-state index is 11.8. The topological polar surface area (TPSA) is 68.2 Å². The quantitative estimate of drug-likeness (QED) is 0.686. The first-order valence-electron chi connectivity index (χ1n) is 8.31. The number of esters is 1. The van der Waals surface area contributed by atoms with Gasteiger partial charge in [0.15, 0.2) is 0 Å². The first kappa shape index (κ1) is 15.5. The van der Waals surface area contributed by atoms with Crippen LogP contribution in [0.5, 0.6) is 0 Å². The van der Waals surface area contributed by atoms with E-state index in [9.17, 15) is 4.79 Å². The minimum Gasteiger partial charge on any atom is -0.464 e. The number of carbonyl (C=O) groups is 1. The molecule has 0 aromatic carbocycles. The normalized spacial score (nSPS) is 14.0. The Kier molecular flexibility index (Phi) is 4.01. The van der Waals surface area contributed by atoms with Crippen LogP contribution in [0.3, 0.4) is 0 Å². The molecule has 1 saturated heterocycles. The number of hydrogen-bond acceptors (Lipinski definition) is 6. The Bertz CT molecular complexity index is 918. The molecule has 6 nitrogen and oxygen atoms in total. The molecule has 25 heavy (non-hydrogen) atoms. The number of fused-ring (bicyclic) bond motifs is 1. The van der Waals surface area contributed by atoms with Gasteiger partial charge in [0.1, 0.15) is 11.5 Å². The van der Waals surface area contributed by atoms with E-state index < -0.39 is 5.97 Å². The molecule has 3 aromatic rings. The molecule has 0 unspecified atom stereocenters. The highest BCUT2D eigenvalue weighted by atomic mass is 16.5. The van der Waals surface area contributed by atoms with Gasteiger partial charge in [-0.25, -0.2) is 14.8 Å². The molecule has 3 aromatic heterocycles. The number of rotatable bonds is 3. The van der Waals surface area contributed by atoms with Crippen molar-refractivity contribution < 1.29 is 9.53 Å². The van der Waals surface area contributed by atoms with Crippen LogP contribution in [0.4, 0.5) is 5.82 Å². The van der Waals surface area contributed by atoms with Gasteiger partial charge in [0.25, 0.3) is 0 Å². The number of nitrogens with zero attached hydrogens (tertiary/aromatic N) is 4. The van der Waals surface area contributed by atoms with Crippen LogP contribution in [0, 0.1) is 0 Å². The molecule has 0 atom stereocenters. The van der Waals surface area contributed by atoms with Crippen LogP contribution in [-0.4, -0.2) is 41.1 Å². The van der Waals surface area contributed by atoms with Crippen molar-refractivity contribution in [1.29, 1.82) is 0 Å². The molecule has 0 saturated carbocycles. The van der Waals surface area contributed by atoms with Crippen molar-refractivity contribution in [2.45, 2.75) is 12.8 Å². The number of methoxy groups -OCH3 is 1. The third-order valence-corrected chi connectivity index (χ3v) is 4.48. The fourth-order valence-corrected chi connectivity index (χ4v) is 3.15. The number of hydrogen-bond donors (Lipinski definition) is 0. The summed E-state index contributed by atoms with van der Waals surface area (Å²) in [6, 6.07) is 7.54. The second kappa shape index (κ2) is 6.47. The molecule has 1 aliphatic rings. The molecular weight excluding hydrogens is 316 g/mol. The Morgan fingerprint density at radius 2 is 1.92 bits per heavy atom. The van der Waals surface area contributed by atoms with Crippen LogP contribution in [-0.2, 0) is 4.74 Å². The van der Waals surface area contributed by atoms with Crippen molar-refractivity contribution in [3.8, 4) is 11.1 Å². The first-order valence-corrected chi connectivity index (χ1v) is 8.31. The first-order chi connectivity index (χ1) is 12.3.